The summed E-state index contributed by atoms with van der Waals surface area (Å²) in [4.78, 5) is 17.4. The Balaban J connectivity index is 1.17. The lowest BCUT2D eigenvalue weighted by molar-refractivity contribution is 0.672. The topological polar surface area (TPSA) is 55.1 Å². The molecular weight excluding hydrogens is 693 g/mol. The molecule has 3 heterocycles. The summed E-state index contributed by atoms with van der Waals surface area (Å²) in [5, 5.41) is 6.70. The predicted molar refractivity (Wildman–Crippen MR) is 228 cm³/mol. The van der Waals surface area contributed by atoms with Gasteiger partial charge in [0.25, 0.3) is 0 Å². The second kappa shape index (κ2) is 12.8. The van der Waals surface area contributed by atoms with Gasteiger partial charge in [0.2, 0.25) is 0 Å². The molecule has 3 aromatic heterocycles. The first-order valence-electron chi connectivity index (χ1n) is 18.3. The van der Waals surface area contributed by atoms with Crippen molar-refractivity contribution >= 4 is 81.3 Å². The van der Waals surface area contributed by atoms with E-state index in [1.807, 2.05) is 84.1 Å². The summed E-state index contributed by atoms with van der Waals surface area (Å²) in [6, 6.07) is 63.3. The number of aromatic nitrogens is 3. The largest absolute Gasteiger partial charge is 0.455 e. The van der Waals surface area contributed by atoms with Crippen molar-refractivity contribution in [2.24, 2.45) is 0 Å². The third-order valence-electron chi connectivity index (χ3n) is 10.3. The molecule has 0 aliphatic rings. The fourth-order valence-corrected chi connectivity index (χ4v) is 8.84. The van der Waals surface area contributed by atoms with Crippen molar-refractivity contribution in [3.63, 3.8) is 0 Å². The number of nitrogens with zero attached hydrogens (tertiary/aromatic N) is 4. The van der Waals surface area contributed by atoms with Crippen LogP contribution in [0.2, 0.25) is 0 Å². The highest BCUT2D eigenvalue weighted by atomic mass is 32.1. The molecule has 0 spiro atoms. The summed E-state index contributed by atoms with van der Waals surface area (Å²) in [6.07, 6.45) is 0. The maximum absolute atomic E-state index is 6.71. The van der Waals surface area contributed by atoms with E-state index in [-0.39, 0.29) is 0 Å². The highest BCUT2D eigenvalue weighted by molar-refractivity contribution is 7.25. The van der Waals surface area contributed by atoms with E-state index in [9.17, 15) is 0 Å². The van der Waals surface area contributed by atoms with E-state index in [1.54, 1.807) is 0 Å². The van der Waals surface area contributed by atoms with Crippen molar-refractivity contribution in [3.05, 3.63) is 182 Å². The summed E-state index contributed by atoms with van der Waals surface area (Å²) in [5.74, 6) is 1.84. The van der Waals surface area contributed by atoms with Crippen LogP contribution in [0, 0.1) is 0 Å². The molecular formula is C49H30N4OS. The molecule has 258 valence electrons. The van der Waals surface area contributed by atoms with Gasteiger partial charge in [-0.05, 0) is 48.5 Å². The number of hydrogen-bond donors (Lipinski definition) is 0. The van der Waals surface area contributed by atoms with Gasteiger partial charge in [0.15, 0.2) is 17.5 Å². The minimum Gasteiger partial charge on any atom is -0.455 e. The third-order valence-corrected chi connectivity index (χ3v) is 11.4. The molecule has 0 fully saturated rings. The van der Waals surface area contributed by atoms with Crippen LogP contribution in [0.15, 0.2) is 186 Å². The first kappa shape index (κ1) is 31.4. The van der Waals surface area contributed by atoms with Crippen molar-refractivity contribution in [1.29, 1.82) is 0 Å². The number of anilines is 3. The lowest BCUT2D eigenvalue weighted by atomic mass is 9.99. The Morgan fingerprint density at radius 3 is 1.67 bits per heavy atom. The van der Waals surface area contributed by atoms with E-state index in [0.717, 1.165) is 66.5 Å². The van der Waals surface area contributed by atoms with Crippen LogP contribution in [-0.4, -0.2) is 15.0 Å². The molecule has 0 aliphatic carbocycles. The average Bonchev–Trinajstić information content (AvgIpc) is 3.83. The molecule has 0 aliphatic heterocycles. The smallest absolute Gasteiger partial charge is 0.164 e. The standard InChI is InChI=1S/C49H30N4OS/c1-4-14-31(15-5-1)47-50-48(32-16-6-2-7-17-32)52-49(51-47)33-24-26-36-40(28-33)46-41(37-20-10-12-22-43(37)54-46)30-42(36)53(34-18-8-3-9-19-34)35-25-27-39-38-21-11-13-23-44(38)55-45(39)29-35/h1-30H. The van der Waals surface area contributed by atoms with Crippen LogP contribution in [0.4, 0.5) is 17.1 Å². The minimum atomic E-state index is 0.597. The van der Waals surface area contributed by atoms with Gasteiger partial charge in [-0.25, -0.2) is 15.0 Å². The first-order chi connectivity index (χ1) is 27.2. The summed E-state index contributed by atoms with van der Waals surface area (Å²) < 4.78 is 9.25. The number of benzene rings is 8. The fraction of sp³-hybridized carbons (Fsp3) is 0. The second-order valence-corrected chi connectivity index (χ2v) is 14.7. The van der Waals surface area contributed by atoms with Crippen LogP contribution in [0.1, 0.15) is 0 Å². The molecule has 55 heavy (non-hydrogen) atoms. The van der Waals surface area contributed by atoms with Crippen LogP contribution >= 0.6 is 11.3 Å². The van der Waals surface area contributed by atoms with Crippen LogP contribution in [-0.2, 0) is 0 Å². The molecule has 0 saturated heterocycles. The summed E-state index contributed by atoms with van der Waals surface area (Å²) in [7, 11) is 0. The Labute approximate surface area is 320 Å². The molecule has 0 N–H and O–H groups in total. The maximum Gasteiger partial charge on any atom is 0.164 e. The normalized spacial score (nSPS) is 11.6. The first-order valence-corrected chi connectivity index (χ1v) is 19.1. The Kier molecular flexibility index (Phi) is 7.28. The minimum absolute atomic E-state index is 0.597. The predicted octanol–water partition coefficient (Wildman–Crippen LogP) is 13.8. The zero-order chi connectivity index (χ0) is 36.3. The molecule has 11 aromatic rings. The van der Waals surface area contributed by atoms with E-state index in [1.165, 1.54) is 20.2 Å². The monoisotopic (exact) mass is 722 g/mol. The van der Waals surface area contributed by atoms with Crippen molar-refractivity contribution in [2.45, 2.75) is 0 Å². The lowest BCUT2D eigenvalue weighted by Gasteiger charge is -2.27. The van der Waals surface area contributed by atoms with Crippen molar-refractivity contribution in [1.82, 2.24) is 15.0 Å². The van der Waals surface area contributed by atoms with Crippen LogP contribution in [0.5, 0.6) is 0 Å². The lowest BCUT2D eigenvalue weighted by Crippen LogP contribution is -2.10. The van der Waals surface area contributed by atoms with Gasteiger partial charge in [-0.2, -0.15) is 0 Å². The summed E-state index contributed by atoms with van der Waals surface area (Å²) in [5.41, 5.74) is 7.62. The third kappa shape index (κ3) is 5.34. The van der Waals surface area contributed by atoms with Crippen molar-refractivity contribution in [3.8, 4) is 34.2 Å². The summed E-state index contributed by atoms with van der Waals surface area (Å²) in [6.45, 7) is 0. The van der Waals surface area contributed by atoms with E-state index in [4.69, 9.17) is 19.4 Å². The van der Waals surface area contributed by atoms with E-state index in [0.29, 0.717) is 17.5 Å². The highest BCUT2D eigenvalue weighted by Gasteiger charge is 2.22. The number of furan rings is 1. The molecule has 0 amide bonds. The quantitative estimate of drug-likeness (QED) is 0.171. The number of fused-ring (bicyclic) bond motifs is 8. The number of hydrogen-bond acceptors (Lipinski definition) is 6. The average molecular weight is 723 g/mol. The van der Waals surface area contributed by atoms with Gasteiger partial charge in [-0.15, -0.1) is 11.3 Å². The Morgan fingerprint density at radius 2 is 0.945 bits per heavy atom. The Bertz CT molecular complexity index is 3150. The number of para-hydroxylation sites is 2. The van der Waals surface area contributed by atoms with Gasteiger partial charge in [0.1, 0.15) is 11.2 Å². The highest BCUT2D eigenvalue weighted by Crippen LogP contribution is 2.46. The number of thiophene rings is 1. The molecule has 0 unspecified atom stereocenters. The molecule has 5 nitrogen and oxygen atoms in total. The maximum atomic E-state index is 6.71. The molecule has 11 rings (SSSR count). The molecule has 0 atom stereocenters. The summed E-state index contributed by atoms with van der Waals surface area (Å²) >= 11 is 1.83. The van der Waals surface area contributed by atoms with Crippen molar-refractivity contribution < 1.29 is 4.42 Å². The Hall–Kier alpha value is -7.15. The van der Waals surface area contributed by atoms with Gasteiger partial charge >= 0.3 is 0 Å². The van der Waals surface area contributed by atoms with E-state index in [2.05, 4.69) is 114 Å². The van der Waals surface area contributed by atoms with E-state index >= 15 is 0 Å². The van der Waals surface area contributed by atoms with Gasteiger partial charge in [0, 0.05) is 69.8 Å². The SMILES string of the molecule is c1ccc(-c2nc(-c3ccccc3)nc(-c3ccc4c(N(c5ccccc5)c5ccc6c(c5)sc5ccccc56)cc5c6ccccc6oc5c4c3)n2)cc1. The molecule has 6 heteroatoms. The van der Waals surface area contributed by atoms with Gasteiger partial charge < -0.3 is 9.32 Å². The van der Waals surface area contributed by atoms with Gasteiger partial charge in [0.05, 0.1) is 5.69 Å². The molecule has 0 radical (unpaired) electrons. The van der Waals surface area contributed by atoms with Gasteiger partial charge in [-0.1, -0.05) is 133 Å². The zero-order valence-electron chi connectivity index (χ0n) is 29.4. The fourth-order valence-electron chi connectivity index (χ4n) is 7.70. The van der Waals surface area contributed by atoms with Crippen LogP contribution in [0.3, 0.4) is 0 Å². The number of rotatable bonds is 6. The van der Waals surface area contributed by atoms with Crippen LogP contribution in [0.25, 0.3) is 87.0 Å². The zero-order valence-corrected chi connectivity index (χ0v) is 30.2. The molecule has 0 bridgehead atoms. The second-order valence-electron chi connectivity index (χ2n) is 13.6. The van der Waals surface area contributed by atoms with Crippen molar-refractivity contribution in [2.75, 3.05) is 4.90 Å². The van der Waals surface area contributed by atoms with Gasteiger partial charge in [-0.3, -0.25) is 0 Å². The molecule has 8 aromatic carbocycles. The Morgan fingerprint density at radius 1 is 0.382 bits per heavy atom. The van der Waals surface area contributed by atoms with Crippen LogP contribution < -0.4 is 4.90 Å². The van der Waals surface area contributed by atoms with E-state index < -0.39 is 0 Å². The molecule has 0 saturated carbocycles.